The van der Waals surface area contributed by atoms with Crippen molar-refractivity contribution in [2.45, 2.75) is 24.3 Å². The van der Waals surface area contributed by atoms with Crippen molar-refractivity contribution in [1.82, 2.24) is 4.72 Å². The lowest BCUT2D eigenvalue weighted by Crippen LogP contribution is -2.45. The summed E-state index contributed by atoms with van der Waals surface area (Å²) in [5.41, 5.74) is 2.00. The fourth-order valence-corrected chi connectivity index (χ4v) is 4.62. The summed E-state index contributed by atoms with van der Waals surface area (Å²) in [6.07, 6.45) is 0.152. The standard InChI is InChI=1S/C24H25ClN2O5S/c1-16-19(25)10-7-11-20(16)26-24(28)21(14-17-8-5-4-6-9-17)27-33(29,30)18-12-13-22(31-2)23(15-18)32-3/h4-13,15,21,27H,14H2,1-3H3,(H,26,28)/t21-/m0/s1. The Balaban J connectivity index is 1.92. The summed E-state index contributed by atoms with van der Waals surface area (Å²) in [6.45, 7) is 1.78. The van der Waals surface area contributed by atoms with E-state index in [0.29, 0.717) is 22.0 Å². The van der Waals surface area contributed by atoms with Gasteiger partial charge in [0.05, 0.1) is 19.1 Å². The maximum Gasteiger partial charge on any atom is 0.242 e. The number of sulfonamides is 1. The number of rotatable bonds is 9. The van der Waals surface area contributed by atoms with Gasteiger partial charge in [-0.1, -0.05) is 48.0 Å². The van der Waals surface area contributed by atoms with Gasteiger partial charge in [-0.05, 0) is 48.7 Å². The van der Waals surface area contributed by atoms with Crippen molar-refractivity contribution < 1.29 is 22.7 Å². The Morgan fingerprint density at radius 1 is 0.970 bits per heavy atom. The second-order valence-electron chi connectivity index (χ2n) is 7.28. The van der Waals surface area contributed by atoms with E-state index < -0.39 is 22.0 Å². The molecular weight excluding hydrogens is 464 g/mol. The third kappa shape index (κ3) is 6.04. The normalized spacial score (nSPS) is 12.1. The average molecular weight is 489 g/mol. The van der Waals surface area contributed by atoms with E-state index >= 15 is 0 Å². The van der Waals surface area contributed by atoms with E-state index in [-0.39, 0.29) is 17.1 Å². The van der Waals surface area contributed by atoms with E-state index in [4.69, 9.17) is 21.1 Å². The number of carbonyl (C=O) groups is 1. The van der Waals surface area contributed by atoms with Gasteiger partial charge in [0.1, 0.15) is 6.04 Å². The van der Waals surface area contributed by atoms with Gasteiger partial charge in [-0.3, -0.25) is 4.79 Å². The van der Waals surface area contributed by atoms with Crippen LogP contribution >= 0.6 is 11.6 Å². The fourth-order valence-electron chi connectivity index (χ4n) is 3.24. The van der Waals surface area contributed by atoms with Gasteiger partial charge in [-0.15, -0.1) is 0 Å². The van der Waals surface area contributed by atoms with Crippen molar-refractivity contribution in [3.05, 3.63) is 82.9 Å². The zero-order valence-electron chi connectivity index (χ0n) is 18.5. The molecule has 0 unspecified atom stereocenters. The van der Waals surface area contributed by atoms with Gasteiger partial charge in [0.2, 0.25) is 15.9 Å². The first-order valence-corrected chi connectivity index (χ1v) is 12.0. The fraction of sp³-hybridized carbons (Fsp3) is 0.208. The van der Waals surface area contributed by atoms with E-state index in [9.17, 15) is 13.2 Å². The van der Waals surface area contributed by atoms with Crippen LogP contribution in [0.1, 0.15) is 11.1 Å². The molecule has 2 N–H and O–H groups in total. The van der Waals surface area contributed by atoms with Crippen molar-refractivity contribution in [2.24, 2.45) is 0 Å². The number of hydrogen-bond acceptors (Lipinski definition) is 5. The molecule has 1 amide bonds. The molecule has 3 aromatic rings. The Morgan fingerprint density at radius 2 is 1.67 bits per heavy atom. The highest BCUT2D eigenvalue weighted by atomic mass is 35.5. The van der Waals surface area contributed by atoms with Gasteiger partial charge in [0, 0.05) is 16.8 Å². The van der Waals surface area contributed by atoms with Crippen molar-refractivity contribution in [3.63, 3.8) is 0 Å². The molecule has 9 heteroatoms. The molecule has 0 saturated heterocycles. The number of amides is 1. The second-order valence-corrected chi connectivity index (χ2v) is 9.40. The van der Waals surface area contributed by atoms with Crippen LogP contribution in [0.3, 0.4) is 0 Å². The molecule has 0 aliphatic carbocycles. The van der Waals surface area contributed by atoms with Crippen LogP contribution in [0.25, 0.3) is 0 Å². The number of halogens is 1. The molecule has 1 atom stereocenters. The molecule has 0 fully saturated rings. The van der Waals surface area contributed by atoms with Crippen LogP contribution in [0.5, 0.6) is 11.5 Å². The van der Waals surface area contributed by atoms with Crippen LogP contribution in [0, 0.1) is 6.92 Å². The number of benzene rings is 3. The molecule has 0 heterocycles. The molecule has 0 saturated carbocycles. The molecule has 0 aliphatic heterocycles. The average Bonchev–Trinajstić information content (AvgIpc) is 2.81. The van der Waals surface area contributed by atoms with Crippen molar-refractivity contribution in [3.8, 4) is 11.5 Å². The summed E-state index contributed by atoms with van der Waals surface area (Å²) in [5.74, 6) is 0.152. The molecule has 0 bridgehead atoms. The van der Waals surface area contributed by atoms with E-state index in [1.54, 1.807) is 25.1 Å². The summed E-state index contributed by atoms with van der Waals surface area (Å²) in [4.78, 5) is 13.1. The Labute approximate surface area is 198 Å². The van der Waals surface area contributed by atoms with Crippen LogP contribution in [0.2, 0.25) is 5.02 Å². The van der Waals surface area contributed by atoms with Gasteiger partial charge in [-0.25, -0.2) is 8.42 Å². The summed E-state index contributed by atoms with van der Waals surface area (Å²) in [7, 11) is -1.19. The number of methoxy groups -OCH3 is 2. The van der Waals surface area contributed by atoms with Crippen LogP contribution in [0.15, 0.2) is 71.6 Å². The maximum atomic E-state index is 13.2. The lowest BCUT2D eigenvalue weighted by Gasteiger charge is -2.20. The number of ether oxygens (including phenoxy) is 2. The lowest BCUT2D eigenvalue weighted by atomic mass is 10.1. The van der Waals surface area contributed by atoms with Crippen molar-refractivity contribution >= 4 is 33.2 Å². The quantitative estimate of drug-likeness (QED) is 0.471. The third-order valence-electron chi connectivity index (χ3n) is 5.09. The first kappa shape index (κ1) is 24.6. The largest absolute Gasteiger partial charge is 0.493 e. The van der Waals surface area contributed by atoms with Crippen molar-refractivity contribution in [1.29, 1.82) is 0 Å². The molecular formula is C24H25ClN2O5S. The number of anilines is 1. The topological polar surface area (TPSA) is 93.7 Å². The van der Waals surface area contributed by atoms with E-state index in [1.165, 1.54) is 32.4 Å². The highest BCUT2D eigenvalue weighted by Crippen LogP contribution is 2.29. The first-order chi connectivity index (χ1) is 15.7. The third-order valence-corrected chi connectivity index (χ3v) is 6.97. The van der Waals surface area contributed by atoms with Crippen LogP contribution in [-0.2, 0) is 21.2 Å². The number of hydrogen-bond donors (Lipinski definition) is 2. The summed E-state index contributed by atoms with van der Waals surface area (Å²) < 4.78 is 39.3. The molecule has 3 aromatic carbocycles. The predicted octanol–water partition coefficient (Wildman–Crippen LogP) is 4.19. The zero-order valence-corrected chi connectivity index (χ0v) is 20.0. The first-order valence-electron chi connectivity index (χ1n) is 10.1. The predicted molar refractivity (Wildman–Crippen MR) is 129 cm³/mol. The van der Waals surface area contributed by atoms with Crippen LogP contribution in [0.4, 0.5) is 5.69 Å². The summed E-state index contributed by atoms with van der Waals surface area (Å²) in [5, 5.41) is 3.29. The minimum Gasteiger partial charge on any atom is -0.493 e. The Morgan fingerprint density at radius 3 is 2.33 bits per heavy atom. The molecule has 33 heavy (non-hydrogen) atoms. The number of carbonyl (C=O) groups excluding carboxylic acids is 1. The molecule has 174 valence electrons. The molecule has 0 spiro atoms. The van der Waals surface area contributed by atoms with Crippen LogP contribution in [-0.4, -0.2) is 34.6 Å². The van der Waals surface area contributed by atoms with Gasteiger partial charge < -0.3 is 14.8 Å². The smallest absolute Gasteiger partial charge is 0.242 e. The lowest BCUT2D eigenvalue weighted by molar-refractivity contribution is -0.117. The van der Waals surface area contributed by atoms with E-state index in [1.807, 2.05) is 30.3 Å². The van der Waals surface area contributed by atoms with Gasteiger partial charge >= 0.3 is 0 Å². The minimum absolute atomic E-state index is 0.0510. The van der Waals surface area contributed by atoms with E-state index in [0.717, 1.165) is 5.56 Å². The molecule has 0 aliphatic rings. The Hall–Kier alpha value is -3.07. The Kier molecular flexibility index (Phi) is 7.97. The van der Waals surface area contributed by atoms with Gasteiger partial charge in [0.25, 0.3) is 0 Å². The van der Waals surface area contributed by atoms with Crippen LogP contribution < -0.4 is 19.5 Å². The summed E-state index contributed by atoms with van der Waals surface area (Å²) in [6, 6.07) is 17.5. The number of nitrogens with one attached hydrogen (secondary N) is 2. The zero-order chi connectivity index (χ0) is 24.0. The SMILES string of the molecule is COc1ccc(S(=O)(=O)N[C@@H](Cc2ccccc2)C(=O)Nc2cccc(Cl)c2C)cc1OC. The molecule has 3 rings (SSSR count). The molecule has 0 radical (unpaired) electrons. The van der Waals surface area contributed by atoms with E-state index in [2.05, 4.69) is 10.0 Å². The Bertz CT molecular complexity index is 1230. The molecule has 0 aromatic heterocycles. The van der Waals surface area contributed by atoms with Gasteiger partial charge in [-0.2, -0.15) is 4.72 Å². The maximum absolute atomic E-state index is 13.2. The monoisotopic (exact) mass is 488 g/mol. The van der Waals surface area contributed by atoms with Crippen molar-refractivity contribution in [2.75, 3.05) is 19.5 Å². The summed E-state index contributed by atoms with van der Waals surface area (Å²) >= 11 is 6.16. The molecule has 7 nitrogen and oxygen atoms in total. The highest BCUT2D eigenvalue weighted by Gasteiger charge is 2.27. The second kappa shape index (κ2) is 10.7. The van der Waals surface area contributed by atoms with Gasteiger partial charge in [0.15, 0.2) is 11.5 Å². The minimum atomic E-state index is -4.07. The highest BCUT2D eigenvalue weighted by molar-refractivity contribution is 7.89.